The van der Waals surface area contributed by atoms with Gasteiger partial charge in [0.2, 0.25) is 11.8 Å². The number of aromatic nitrogens is 1. The van der Waals surface area contributed by atoms with Gasteiger partial charge in [-0.3, -0.25) is 4.79 Å². The maximum Gasteiger partial charge on any atom is 0.226 e. The highest BCUT2D eigenvalue weighted by atomic mass is 16.5. The lowest BCUT2D eigenvalue weighted by Gasteiger charge is -2.10. The van der Waals surface area contributed by atoms with Crippen LogP contribution in [-0.2, 0) is 17.6 Å². The Balaban J connectivity index is 1.48. The molecule has 3 rings (SSSR count). The largest absolute Gasteiger partial charge is 0.493 e. The first kappa shape index (κ1) is 20.5. The summed E-state index contributed by atoms with van der Waals surface area (Å²) in [6, 6.07) is 15.5. The van der Waals surface area contributed by atoms with E-state index in [9.17, 15) is 4.79 Å². The van der Waals surface area contributed by atoms with Crippen LogP contribution in [0, 0.1) is 6.92 Å². The lowest BCUT2D eigenvalue weighted by atomic mass is 10.1. The molecular weight excluding hydrogens is 368 g/mol. The first-order chi connectivity index (χ1) is 14.1. The number of methoxy groups -OCH3 is 2. The Morgan fingerprint density at radius 1 is 1.03 bits per heavy atom. The van der Waals surface area contributed by atoms with E-state index in [0.29, 0.717) is 43.2 Å². The van der Waals surface area contributed by atoms with Gasteiger partial charge in [0.25, 0.3) is 0 Å². The predicted octanol–water partition coefficient (Wildman–Crippen LogP) is 3.96. The average Bonchev–Trinajstić information content (AvgIpc) is 3.13. The number of aryl methyl sites for hydroxylation is 2. The number of hydrogen-bond acceptors (Lipinski definition) is 5. The SMILES string of the molecule is COc1ccc(CCNC(=O)CCc2nc(-c3ccccc3)oc2C)cc1OC. The van der Waals surface area contributed by atoms with E-state index in [1.54, 1.807) is 14.2 Å². The van der Waals surface area contributed by atoms with Gasteiger partial charge < -0.3 is 19.2 Å². The van der Waals surface area contributed by atoms with Gasteiger partial charge >= 0.3 is 0 Å². The summed E-state index contributed by atoms with van der Waals surface area (Å²) in [7, 11) is 3.22. The number of rotatable bonds is 9. The van der Waals surface area contributed by atoms with Gasteiger partial charge in [0.05, 0.1) is 19.9 Å². The van der Waals surface area contributed by atoms with Crippen molar-refractivity contribution in [3.8, 4) is 23.0 Å². The van der Waals surface area contributed by atoms with Gasteiger partial charge in [0, 0.05) is 24.9 Å². The number of hydrogen-bond donors (Lipinski definition) is 1. The van der Waals surface area contributed by atoms with Gasteiger partial charge in [-0.1, -0.05) is 24.3 Å². The van der Waals surface area contributed by atoms with Crippen molar-refractivity contribution in [3.63, 3.8) is 0 Å². The number of nitrogens with one attached hydrogen (secondary N) is 1. The fourth-order valence-electron chi connectivity index (χ4n) is 3.07. The molecule has 0 fully saturated rings. The van der Waals surface area contributed by atoms with E-state index in [2.05, 4.69) is 10.3 Å². The minimum atomic E-state index is -0.00543. The molecule has 29 heavy (non-hydrogen) atoms. The van der Waals surface area contributed by atoms with Crippen LogP contribution in [0.1, 0.15) is 23.4 Å². The fraction of sp³-hybridized carbons (Fsp3) is 0.304. The van der Waals surface area contributed by atoms with Crippen molar-refractivity contribution >= 4 is 5.91 Å². The average molecular weight is 394 g/mol. The normalized spacial score (nSPS) is 10.6. The third-order valence-corrected chi connectivity index (χ3v) is 4.69. The Labute approximate surface area is 170 Å². The number of carbonyl (C=O) groups is 1. The third kappa shape index (κ3) is 5.38. The zero-order valence-corrected chi connectivity index (χ0v) is 17.0. The van der Waals surface area contributed by atoms with Crippen molar-refractivity contribution in [2.75, 3.05) is 20.8 Å². The highest BCUT2D eigenvalue weighted by Crippen LogP contribution is 2.27. The van der Waals surface area contributed by atoms with Crippen LogP contribution in [0.15, 0.2) is 52.9 Å². The molecule has 0 bridgehead atoms. The lowest BCUT2D eigenvalue weighted by molar-refractivity contribution is -0.121. The van der Waals surface area contributed by atoms with Gasteiger partial charge in [0.15, 0.2) is 11.5 Å². The molecule has 1 heterocycles. The molecule has 1 N–H and O–H groups in total. The summed E-state index contributed by atoms with van der Waals surface area (Å²) in [6.45, 7) is 2.44. The topological polar surface area (TPSA) is 73.6 Å². The first-order valence-corrected chi connectivity index (χ1v) is 9.60. The van der Waals surface area contributed by atoms with Crippen LogP contribution < -0.4 is 14.8 Å². The number of oxazole rings is 1. The second-order valence-corrected chi connectivity index (χ2v) is 6.68. The molecular formula is C23H26N2O4. The molecule has 0 radical (unpaired) electrons. The molecule has 0 spiro atoms. The Kier molecular flexibility index (Phi) is 6.89. The van der Waals surface area contributed by atoms with E-state index in [-0.39, 0.29) is 5.91 Å². The third-order valence-electron chi connectivity index (χ3n) is 4.69. The summed E-state index contributed by atoms with van der Waals surface area (Å²) in [6.07, 6.45) is 1.63. The number of ether oxygens (including phenoxy) is 2. The standard InChI is InChI=1S/C23H26N2O4/c1-16-19(25-23(29-16)18-7-5-4-6-8-18)10-12-22(26)24-14-13-17-9-11-20(27-2)21(15-17)28-3/h4-9,11,15H,10,12-14H2,1-3H3,(H,24,26). The maximum atomic E-state index is 12.2. The van der Waals surface area contributed by atoms with E-state index >= 15 is 0 Å². The van der Waals surface area contributed by atoms with Crippen LogP contribution >= 0.6 is 0 Å². The summed E-state index contributed by atoms with van der Waals surface area (Å²) >= 11 is 0. The molecule has 1 amide bonds. The maximum absolute atomic E-state index is 12.2. The minimum Gasteiger partial charge on any atom is -0.493 e. The Morgan fingerprint density at radius 2 is 1.79 bits per heavy atom. The summed E-state index contributed by atoms with van der Waals surface area (Å²) in [5, 5.41) is 2.96. The van der Waals surface area contributed by atoms with Gasteiger partial charge in [-0.05, 0) is 43.2 Å². The summed E-state index contributed by atoms with van der Waals surface area (Å²) < 4.78 is 16.3. The highest BCUT2D eigenvalue weighted by molar-refractivity contribution is 5.76. The molecule has 3 aromatic rings. The summed E-state index contributed by atoms with van der Waals surface area (Å²) in [5.41, 5.74) is 2.82. The lowest BCUT2D eigenvalue weighted by Crippen LogP contribution is -2.26. The summed E-state index contributed by atoms with van der Waals surface area (Å²) in [4.78, 5) is 16.7. The molecule has 152 valence electrons. The Bertz CT molecular complexity index is 951. The second kappa shape index (κ2) is 9.78. The molecule has 0 atom stereocenters. The first-order valence-electron chi connectivity index (χ1n) is 9.60. The number of benzene rings is 2. The zero-order valence-electron chi connectivity index (χ0n) is 17.0. The molecule has 6 heteroatoms. The van der Waals surface area contributed by atoms with Gasteiger partial charge in [0.1, 0.15) is 5.76 Å². The predicted molar refractivity (Wildman–Crippen MR) is 111 cm³/mol. The molecule has 1 aromatic heterocycles. The monoisotopic (exact) mass is 394 g/mol. The van der Waals surface area contributed by atoms with Crippen molar-refractivity contribution in [3.05, 3.63) is 65.5 Å². The van der Waals surface area contributed by atoms with Crippen molar-refractivity contribution in [2.45, 2.75) is 26.2 Å². The minimum absolute atomic E-state index is 0.00543. The molecule has 0 aliphatic carbocycles. The smallest absolute Gasteiger partial charge is 0.226 e. The van der Waals surface area contributed by atoms with Crippen LogP contribution in [-0.4, -0.2) is 31.7 Å². The second-order valence-electron chi connectivity index (χ2n) is 6.68. The van der Waals surface area contributed by atoms with Crippen LogP contribution in [0.25, 0.3) is 11.5 Å². The number of carbonyl (C=O) groups excluding carboxylic acids is 1. The van der Waals surface area contributed by atoms with Gasteiger partial charge in [-0.25, -0.2) is 4.98 Å². The van der Waals surface area contributed by atoms with Gasteiger partial charge in [-0.15, -0.1) is 0 Å². The van der Waals surface area contributed by atoms with E-state index in [1.165, 1.54) is 0 Å². The van der Waals surface area contributed by atoms with Crippen LogP contribution in [0.3, 0.4) is 0 Å². The number of amides is 1. The van der Waals surface area contributed by atoms with Crippen molar-refractivity contribution in [2.24, 2.45) is 0 Å². The van der Waals surface area contributed by atoms with E-state index in [0.717, 1.165) is 22.6 Å². The van der Waals surface area contributed by atoms with Crippen LogP contribution in [0.2, 0.25) is 0 Å². The van der Waals surface area contributed by atoms with Gasteiger partial charge in [-0.2, -0.15) is 0 Å². The molecule has 2 aromatic carbocycles. The van der Waals surface area contributed by atoms with E-state index in [1.807, 2.05) is 55.5 Å². The van der Waals surface area contributed by atoms with Crippen molar-refractivity contribution in [1.82, 2.24) is 10.3 Å². The molecule has 0 saturated heterocycles. The molecule has 0 saturated carbocycles. The van der Waals surface area contributed by atoms with E-state index in [4.69, 9.17) is 13.9 Å². The van der Waals surface area contributed by atoms with Crippen molar-refractivity contribution in [1.29, 1.82) is 0 Å². The molecule has 6 nitrogen and oxygen atoms in total. The molecule has 0 aliphatic heterocycles. The molecule has 0 unspecified atom stereocenters. The van der Waals surface area contributed by atoms with Crippen LogP contribution in [0.4, 0.5) is 0 Å². The highest BCUT2D eigenvalue weighted by Gasteiger charge is 2.13. The van der Waals surface area contributed by atoms with E-state index < -0.39 is 0 Å². The quantitative estimate of drug-likeness (QED) is 0.595. The molecule has 0 aliphatic rings. The number of nitrogens with zero attached hydrogens (tertiary/aromatic N) is 1. The Morgan fingerprint density at radius 3 is 2.52 bits per heavy atom. The van der Waals surface area contributed by atoms with Crippen molar-refractivity contribution < 1.29 is 18.7 Å². The zero-order chi connectivity index (χ0) is 20.6. The fourth-order valence-corrected chi connectivity index (χ4v) is 3.07. The summed E-state index contributed by atoms with van der Waals surface area (Å²) in [5.74, 6) is 2.72. The van der Waals surface area contributed by atoms with Crippen LogP contribution in [0.5, 0.6) is 11.5 Å². The Hall–Kier alpha value is -3.28.